The summed E-state index contributed by atoms with van der Waals surface area (Å²) < 4.78 is 17.3. The molecule has 1 amide bonds. The molecule has 176 valence electrons. The number of benzene rings is 2. The standard InChI is InChI=1S/C25H24ClN3O5/c1-4-31-21-14-17(12-19-24(27)29-22(28-25(19)30)11-16(3)34-29)13-20(26)23(21)33-9-8-32-18-7-5-6-15(2)10-18/h5-7,10-14,27H,4,8-9H2,1-3H3/b19-12+,27-24?. The van der Waals surface area contributed by atoms with Crippen LogP contribution in [-0.2, 0) is 9.63 Å². The van der Waals surface area contributed by atoms with Gasteiger partial charge in [-0.25, -0.2) is 0 Å². The van der Waals surface area contributed by atoms with Gasteiger partial charge < -0.3 is 19.0 Å². The van der Waals surface area contributed by atoms with E-state index in [1.165, 1.54) is 11.1 Å². The Kier molecular flexibility index (Phi) is 6.88. The molecule has 0 saturated carbocycles. The smallest absolute Gasteiger partial charge is 0.282 e. The van der Waals surface area contributed by atoms with Gasteiger partial charge >= 0.3 is 0 Å². The van der Waals surface area contributed by atoms with Crippen molar-refractivity contribution < 1.29 is 23.8 Å². The molecule has 0 unspecified atom stereocenters. The number of amides is 1. The molecule has 0 spiro atoms. The minimum Gasteiger partial charge on any atom is -0.490 e. The van der Waals surface area contributed by atoms with Gasteiger partial charge in [-0.1, -0.05) is 23.7 Å². The molecule has 2 aliphatic rings. The number of aryl methyl sites for hydroxylation is 1. The Morgan fingerprint density at radius 2 is 1.94 bits per heavy atom. The van der Waals surface area contributed by atoms with Gasteiger partial charge in [0.25, 0.3) is 5.91 Å². The average molecular weight is 482 g/mol. The predicted octanol–water partition coefficient (Wildman–Crippen LogP) is 4.96. The Balaban J connectivity index is 1.51. The molecule has 0 radical (unpaired) electrons. The van der Waals surface area contributed by atoms with Crippen LogP contribution in [0.2, 0.25) is 5.02 Å². The van der Waals surface area contributed by atoms with Crippen molar-refractivity contribution in [2.24, 2.45) is 4.99 Å². The third kappa shape index (κ3) is 5.07. The van der Waals surface area contributed by atoms with Crippen LogP contribution in [0.5, 0.6) is 17.2 Å². The number of allylic oxidation sites excluding steroid dienone is 1. The summed E-state index contributed by atoms with van der Waals surface area (Å²) in [5.41, 5.74) is 1.75. The highest BCUT2D eigenvalue weighted by molar-refractivity contribution is 6.33. The first-order valence-electron chi connectivity index (χ1n) is 10.7. The lowest BCUT2D eigenvalue weighted by Gasteiger charge is -2.23. The molecule has 2 aromatic carbocycles. The fourth-order valence-electron chi connectivity index (χ4n) is 3.45. The highest BCUT2D eigenvalue weighted by Gasteiger charge is 2.34. The van der Waals surface area contributed by atoms with Crippen LogP contribution < -0.4 is 14.2 Å². The van der Waals surface area contributed by atoms with Gasteiger partial charge in [-0.15, -0.1) is 5.06 Å². The Labute approximate surface area is 202 Å². The number of nitrogens with one attached hydrogen (secondary N) is 1. The number of fused-ring (bicyclic) bond motifs is 1. The SMILES string of the molecule is CCOc1cc(/C=C2\C(=N)N3OC(C)=CC3=NC2=O)cc(Cl)c1OCCOc1cccc(C)c1. The van der Waals surface area contributed by atoms with Gasteiger partial charge in [0.2, 0.25) is 0 Å². The Hall–Kier alpha value is -3.78. The van der Waals surface area contributed by atoms with E-state index in [1.807, 2.05) is 38.1 Å². The number of ether oxygens (including phenoxy) is 3. The summed E-state index contributed by atoms with van der Waals surface area (Å²) in [6.45, 7) is 6.54. The van der Waals surface area contributed by atoms with E-state index < -0.39 is 5.91 Å². The zero-order chi connectivity index (χ0) is 24.2. The van der Waals surface area contributed by atoms with Crippen molar-refractivity contribution in [2.75, 3.05) is 19.8 Å². The number of halogens is 1. The normalized spacial score (nSPS) is 16.1. The zero-order valence-electron chi connectivity index (χ0n) is 19.1. The van der Waals surface area contributed by atoms with E-state index in [0.717, 1.165) is 11.3 Å². The first-order valence-corrected chi connectivity index (χ1v) is 11.1. The molecule has 8 nitrogen and oxygen atoms in total. The van der Waals surface area contributed by atoms with Gasteiger partial charge in [0, 0.05) is 6.08 Å². The maximum absolute atomic E-state index is 12.5. The van der Waals surface area contributed by atoms with Crippen LogP contribution in [0.25, 0.3) is 6.08 Å². The fourth-order valence-corrected chi connectivity index (χ4v) is 3.72. The van der Waals surface area contributed by atoms with Crippen molar-refractivity contribution in [3.63, 3.8) is 0 Å². The van der Waals surface area contributed by atoms with Crippen LogP contribution in [0.4, 0.5) is 0 Å². The van der Waals surface area contributed by atoms with Crippen molar-refractivity contribution in [3.8, 4) is 17.2 Å². The van der Waals surface area contributed by atoms with Crippen molar-refractivity contribution in [2.45, 2.75) is 20.8 Å². The summed E-state index contributed by atoms with van der Waals surface area (Å²) >= 11 is 6.50. The molecule has 0 aliphatic carbocycles. The molecule has 0 bridgehead atoms. The molecule has 0 atom stereocenters. The van der Waals surface area contributed by atoms with Crippen molar-refractivity contribution in [3.05, 3.63) is 70.0 Å². The second-order valence-corrected chi connectivity index (χ2v) is 8.01. The topological polar surface area (TPSA) is 93.4 Å². The predicted molar refractivity (Wildman–Crippen MR) is 130 cm³/mol. The summed E-state index contributed by atoms with van der Waals surface area (Å²) in [5, 5.41) is 9.88. The number of nitrogens with zero attached hydrogens (tertiary/aromatic N) is 2. The lowest BCUT2D eigenvalue weighted by Crippen LogP contribution is -2.38. The van der Waals surface area contributed by atoms with E-state index in [9.17, 15) is 4.79 Å². The minimum atomic E-state index is -0.534. The average Bonchev–Trinajstić information content (AvgIpc) is 3.16. The molecule has 2 heterocycles. The maximum atomic E-state index is 12.5. The number of hydrogen-bond acceptors (Lipinski definition) is 6. The second-order valence-electron chi connectivity index (χ2n) is 7.60. The van der Waals surface area contributed by atoms with Crippen LogP contribution in [0.15, 0.2) is 58.8 Å². The number of carbonyl (C=O) groups excluding carboxylic acids is 1. The summed E-state index contributed by atoms with van der Waals surface area (Å²) in [6, 6.07) is 11.1. The molecule has 4 rings (SSSR count). The summed E-state index contributed by atoms with van der Waals surface area (Å²) in [5.74, 6) is 1.76. The van der Waals surface area contributed by atoms with Crippen molar-refractivity contribution in [1.29, 1.82) is 5.41 Å². The van der Waals surface area contributed by atoms with Gasteiger partial charge in [-0.3, -0.25) is 10.2 Å². The van der Waals surface area contributed by atoms with Gasteiger partial charge in [-0.2, -0.15) is 4.99 Å². The van der Waals surface area contributed by atoms with Crippen LogP contribution >= 0.6 is 11.6 Å². The van der Waals surface area contributed by atoms with Gasteiger partial charge in [0.1, 0.15) is 24.7 Å². The van der Waals surface area contributed by atoms with E-state index in [0.29, 0.717) is 41.1 Å². The molecular formula is C25H24ClN3O5. The second kappa shape index (κ2) is 10.0. The van der Waals surface area contributed by atoms with E-state index in [4.69, 9.17) is 36.1 Å². The lowest BCUT2D eigenvalue weighted by molar-refractivity contribution is -0.114. The summed E-state index contributed by atoms with van der Waals surface area (Å²) in [7, 11) is 0. The van der Waals surface area contributed by atoms with Gasteiger partial charge in [0.15, 0.2) is 23.2 Å². The van der Waals surface area contributed by atoms with Crippen molar-refractivity contribution >= 4 is 35.3 Å². The molecule has 0 aromatic heterocycles. The number of amidine groups is 2. The minimum absolute atomic E-state index is 0.0746. The monoisotopic (exact) mass is 481 g/mol. The molecule has 9 heteroatoms. The van der Waals surface area contributed by atoms with Crippen LogP contribution in [0.3, 0.4) is 0 Å². The van der Waals surface area contributed by atoms with E-state index in [2.05, 4.69) is 4.99 Å². The van der Waals surface area contributed by atoms with Crippen LogP contribution in [0, 0.1) is 12.3 Å². The summed E-state index contributed by atoms with van der Waals surface area (Å²) in [6.07, 6.45) is 3.13. The first kappa shape index (κ1) is 23.4. The quantitative estimate of drug-likeness (QED) is 0.423. The van der Waals surface area contributed by atoms with Crippen molar-refractivity contribution in [1.82, 2.24) is 5.06 Å². The van der Waals surface area contributed by atoms with Gasteiger partial charge in [-0.05, 0) is 62.2 Å². The third-order valence-corrected chi connectivity index (χ3v) is 5.19. The molecule has 34 heavy (non-hydrogen) atoms. The van der Waals surface area contributed by atoms with E-state index in [1.54, 1.807) is 25.1 Å². The Bertz CT molecular complexity index is 1240. The van der Waals surface area contributed by atoms with E-state index in [-0.39, 0.29) is 23.9 Å². The molecular weight excluding hydrogens is 458 g/mol. The molecule has 0 saturated heterocycles. The first-order chi connectivity index (χ1) is 16.4. The maximum Gasteiger partial charge on any atom is 0.282 e. The highest BCUT2D eigenvalue weighted by atomic mass is 35.5. The Morgan fingerprint density at radius 1 is 1.15 bits per heavy atom. The molecule has 1 N–H and O–H groups in total. The highest BCUT2D eigenvalue weighted by Crippen LogP contribution is 2.37. The molecule has 0 fully saturated rings. The number of aliphatic imine (C=N–C) groups is 1. The van der Waals surface area contributed by atoms with E-state index >= 15 is 0 Å². The third-order valence-electron chi connectivity index (χ3n) is 4.91. The number of rotatable bonds is 8. The zero-order valence-corrected chi connectivity index (χ0v) is 19.8. The van der Waals surface area contributed by atoms with Crippen LogP contribution in [-0.4, -0.2) is 42.5 Å². The van der Waals surface area contributed by atoms with Gasteiger partial charge in [0.05, 0.1) is 17.2 Å². The lowest BCUT2D eigenvalue weighted by atomic mass is 10.1. The fraction of sp³-hybridized carbons (Fsp3) is 0.240. The number of hydroxylamine groups is 2. The number of hydrogen-bond donors (Lipinski definition) is 1. The summed E-state index contributed by atoms with van der Waals surface area (Å²) in [4.78, 5) is 22.0. The molecule has 2 aromatic rings. The van der Waals surface area contributed by atoms with Crippen LogP contribution in [0.1, 0.15) is 25.0 Å². The Morgan fingerprint density at radius 3 is 2.71 bits per heavy atom. The largest absolute Gasteiger partial charge is 0.490 e. The molecule has 2 aliphatic heterocycles. The number of carbonyl (C=O) groups is 1.